The van der Waals surface area contributed by atoms with Crippen LogP contribution in [0.5, 0.6) is 0 Å². The first-order chi connectivity index (χ1) is 16.4. The molecular formula is C27H29BrN4O2. The molecule has 1 aliphatic rings. The first-order valence-corrected chi connectivity index (χ1v) is 12.3. The Hall–Kier alpha value is -3.16. The number of carbonyl (C=O) groups is 2. The van der Waals surface area contributed by atoms with Crippen LogP contribution in [0.1, 0.15) is 41.2 Å². The van der Waals surface area contributed by atoms with E-state index in [0.29, 0.717) is 17.8 Å². The van der Waals surface area contributed by atoms with Gasteiger partial charge in [0, 0.05) is 34.5 Å². The van der Waals surface area contributed by atoms with Gasteiger partial charge in [-0.15, -0.1) is 0 Å². The monoisotopic (exact) mass is 520 g/mol. The van der Waals surface area contributed by atoms with Crippen LogP contribution in [0.3, 0.4) is 0 Å². The molecule has 2 aromatic carbocycles. The third kappa shape index (κ3) is 5.00. The zero-order valence-electron chi connectivity index (χ0n) is 19.7. The maximum absolute atomic E-state index is 12.9. The molecule has 0 bridgehead atoms. The second kappa shape index (κ2) is 10.4. The van der Waals surface area contributed by atoms with Crippen LogP contribution in [0.2, 0.25) is 0 Å². The van der Waals surface area contributed by atoms with E-state index < -0.39 is 0 Å². The Bertz CT molecular complexity index is 1240. The molecule has 0 fully saturated rings. The summed E-state index contributed by atoms with van der Waals surface area (Å²) in [6, 6.07) is 15.7. The highest BCUT2D eigenvalue weighted by atomic mass is 79.9. The van der Waals surface area contributed by atoms with Crippen molar-refractivity contribution in [2.24, 2.45) is 0 Å². The Morgan fingerprint density at radius 1 is 1.12 bits per heavy atom. The summed E-state index contributed by atoms with van der Waals surface area (Å²) in [6.07, 6.45) is 1.84. The zero-order valence-corrected chi connectivity index (χ0v) is 21.3. The molecule has 1 aliphatic heterocycles. The zero-order chi connectivity index (χ0) is 24.2. The number of hydrogen-bond acceptors (Lipinski definition) is 3. The van der Waals surface area contributed by atoms with Crippen molar-refractivity contribution in [2.45, 2.75) is 20.8 Å². The van der Waals surface area contributed by atoms with Crippen LogP contribution < -0.4 is 10.6 Å². The Morgan fingerprint density at radius 2 is 1.85 bits per heavy atom. The number of anilines is 1. The first kappa shape index (κ1) is 24.0. The van der Waals surface area contributed by atoms with E-state index in [2.05, 4.69) is 50.3 Å². The molecule has 7 heteroatoms. The van der Waals surface area contributed by atoms with Crippen molar-refractivity contribution in [3.8, 4) is 11.1 Å². The van der Waals surface area contributed by atoms with Crippen molar-refractivity contribution in [1.29, 1.82) is 0 Å². The second-order valence-electron chi connectivity index (χ2n) is 8.31. The van der Waals surface area contributed by atoms with Gasteiger partial charge >= 0.3 is 0 Å². The van der Waals surface area contributed by atoms with Crippen LogP contribution in [-0.2, 0) is 4.79 Å². The van der Waals surface area contributed by atoms with Gasteiger partial charge in [0.2, 0.25) is 0 Å². The van der Waals surface area contributed by atoms with Gasteiger partial charge in [0.05, 0.1) is 5.57 Å². The summed E-state index contributed by atoms with van der Waals surface area (Å²) in [5.74, 6) is -0.300. The molecule has 1 aromatic heterocycles. The lowest BCUT2D eigenvalue weighted by Gasteiger charge is -2.17. The van der Waals surface area contributed by atoms with Crippen LogP contribution in [0.4, 0.5) is 5.69 Å². The molecule has 3 N–H and O–H groups in total. The summed E-state index contributed by atoms with van der Waals surface area (Å²) < 4.78 is 0.999. The largest absolute Gasteiger partial charge is 0.351 e. The SMILES string of the molecule is CCN(CC)CCNC(=O)c1cc(C)c(/C=C2\C(=O)Nc3cccc(-c4ccc(Br)cc4)c32)[nH]1. The smallest absolute Gasteiger partial charge is 0.267 e. The molecule has 0 aliphatic carbocycles. The standard InChI is InChI=1S/C27H29BrN4O2/c1-4-32(5-2)14-13-29-27(34)24-15-17(3)23(30-24)16-21-25-20(18-9-11-19(28)12-10-18)7-6-8-22(25)31-26(21)33/h6-12,15-16,30H,4-5,13-14H2,1-3H3,(H,29,34)(H,31,33)/b21-16-. The van der Waals surface area contributed by atoms with Gasteiger partial charge in [-0.05, 0) is 67.0 Å². The third-order valence-corrected chi connectivity index (χ3v) is 6.71. The molecule has 2 amide bonds. The molecule has 0 unspecified atom stereocenters. The number of rotatable bonds is 8. The van der Waals surface area contributed by atoms with E-state index in [-0.39, 0.29) is 11.8 Å². The lowest BCUT2D eigenvalue weighted by atomic mass is 9.94. The van der Waals surface area contributed by atoms with E-state index in [9.17, 15) is 9.59 Å². The van der Waals surface area contributed by atoms with Gasteiger partial charge in [-0.25, -0.2) is 0 Å². The fourth-order valence-electron chi connectivity index (χ4n) is 4.21. The highest BCUT2D eigenvalue weighted by Gasteiger charge is 2.27. The minimum absolute atomic E-state index is 0.147. The molecule has 34 heavy (non-hydrogen) atoms. The lowest BCUT2D eigenvalue weighted by Crippen LogP contribution is -2.34. The minimum Gasteiger partial charge on any atom is -0.351 e. The van der Waals surface area contributed by atoms with E-state index in [0.717, 1.165) is 57.7 Å². The molecule has 4 rings (SSSR count). The molecule has 0 atom stereocenters. The molecule has 6 nitrogen and oxygen atoms in total. The number of hydrogen-bond donors (Lipinski definition) is 3. The molecule has 3 aromatic rings. The molecule has 176 valence electrons. The summed E-state index contributed by atoms with van der Waals surface area (Å²) in [5, 5.41) is 5.95. The van der Waals surface area contributed by atoms with E-state index in [1.807, 2.05) is 61.5 Å². The number of aromatic nitrogens is 1. The van der Waals surface area contributed by atoms with Gasteiger partial charge in [-0.3, -0.25) is 9.59 Å². The van der Waals surface area contributed by atoms with Crippen molar-refractivity contribution in [3.63, 3.8) is 0 Å². The Morgan fingerprint density at radius 3 is 2.56 bits per heavy atom. The van der Waals surface area contributed by atoms with Crippen LogP contribution in [0, 0.1) is 6.92 Å². The predicted octanol–water partition coefficient (Wildman–Crippen LogP) is 5.32. The van der Waals surface area contributed by atoms with Crippen LogP contribution in [-0.4, -0.2) is 47.9 Å². The molecule has 2 heterocycles. The number of amides is 2. The fourth-order valence-corrected chi connectivity index (χ4v) is 4.48. The van der Waals surface area contributed by atoms with Gasteiger partial charge in [0.25, 0.3) is 11.8 Å². The van der Waals surface area contributed by atoms with Gasteiger partial charge in [0.1, 0.15) is 5.69 Å². The van der Waals surface area contributed by atoms with E-state index >= 15 is 0 Å². The molecule has 0 radical (unpaired) electrons. The fraction of sp³-hybridized carbons (Fsp3) is 0.259. The van der Waals surface area contributed by atoms with Crippen molar-refractivity contribution in [3.05, 3.63) is 75.5 Å². The van der Waals surface area contributed by atoms with Gasteiger partial charge < -0.3 is 20.5 Å². The molecule has 0 spiro atoms. The Labute approximate surface area is 208 Å². The number of halogens is 1. The number of benzene rings is 2. The van der Waals surface area contributed by atoms with Crippen molar-refractivity contribution in [1.82, 2.24) is 15.2 Å². The summed E-state index contributed by atoms with van der Waals surface area (Å²) in [6.45, 7) is 9.46. The summed E-state index contributed by atoms with van der Waals surface area (Å²) in [5.41, 5.74) is 6.38. The van der Waals surface area contributed by atoms with Crippen LogP contribution in [0.25, 0.3) is 22.8 Å². The van der Waals surface area contributed by atoms with Crippen molar-refractivity contribution >= 4 is 45.1 Å². The van der Waals surface area contributed by atoms with Crippen molar-refractivity contribution < 1.29 is 9.59 Å². The maximum atomic E-state index is 12.9. The Kier molecular flexibility index (Phi) is 7.34. The average Bonchev–Trinajstić information content (AvgIpc) is 3.36. The topological polar surface area (TPSA) is 77.2 Å². The first-order valence-electron chi connectivity index (χ1n) is 11.5. The summed E-state index contributed by atoms with van der Waals surface area (Å²) >= 11 is 3.48. The predicted molar refractivity (Wildman–Crippen MR) is 142 cm³/mol. The minimum atomic E-state index is -0.154. The average molecular weight is 521 g/mol. The number of nitrogens with zero attached hydrogens (tertiary/aromatic N) is 1. The summed E-state index contributed by atoms with van der Waals surface area (Å²) in [4.78, 5) is 31.0. The number of likely N-dealkylation sites (N-methyl/N-ethyl adjacent to an activating group) is 1. The normalized spacial score (nSPS) is 13.9. The summed E-state index contributed by atoms with van der Waals surface area (Å²) in [7, 11) is 0. The quantitative estimate of drug-likeness (QED) is 0.352. The van der Waals surface area contributed by atoms with Gasteiger partial charge in [-0.2, -0.15) is 0 Å². The number of nitrogens with one attached hydrogen (secondary N) is 3. The lowest BCUT2D eigenvalue weighted by molar-refractivity contribution is -0.110. The highest BCUT2D eigenvalue weighted by molar-refractivity contribution is 9.10. The highest BCUT2D eigenvalue weighted by Crippen LogP contribution is 2.40. The number of fused-ring (bicyclic) bond motifs is 1. The van der Waals surface area contributed by atoms with Crippen molar-refractivity contribution in [2.75, 3.05) is 31.5 Å². The second-order valence-corrected chi connectivity index (χ2v) is 9.23. The molecule has 0 saturated carbocycles. The number of carbonyl (C=O) groups excluding carboxylic acids is 2. The Balaban J connectivity index is 1.62. The number of aromatic amines is 1. The number of H-pyrrole nitrogens is 1. The maximum Gasteiger partial charge on any atom is 0.267 e. The van der Waals surface area contributed by atoms with Crippen LogP contribution in [0.15, 0.2) is 53.0 Å². The van der Waals surface area contributed by atoms with Crippen LogP contribution >= 0.6 is 15.9 Å². The van der Waals surface area contributed by atoms with E-state index in [1.54, 1.807) is 0 Å². The van der Waals surface area contributed by atoms with E-state index in [1.165, 1.54) is 0 Å². The van der Waals surface area contributed by atoms with Gasteiger partial charge in [-0.1, -0.05) is 54.0 Å². The van der Waals surface area contributed by atoms with E-state index in [4.69, 9.17) is 0 Å². The molecular weight excluding hydrogens is 492 g/mol. The third-order valence-electron chi connectivity index (χ3n) is 6.18. The van der Waals surface area contributed by atoms with Gasteiger partial charge in [0.15, 0.2) is 0 Å². The molecule has 0 saturated heterocycles. The number of aryl methyl sites for hydroxylation is 1.